The Bertz CT molecular complexity index is 496. The Morgan fingerprint density at radius 1 is 1.35 bits per heavy atom. The molecule has 1 unspecified atom stereocenters. The maximum Gasteiger partial charge on any atom is 0.247 e. The Balaban J connectivity index is 2.30. The minimum atomic E-state index is -0.647. The summed E-state index contributed by atoms with van der Waals surface area (Å²) in [6.45, 7) is 1.88. The lowest BCUT2D eigenvalue weighted by molar-refractivity contribution is -0.126. The highest BCUT2D eigenvalue weighted by Crippen LogP contribution is 2.25. The zero-order valence-electron chi connectivity index (χ0n) is 9.71. The number of ketones is 1. The number of hydrogen-bond acceptors (Lipinski definition) is 3. The minimum absolute atomic E-state index is 0.116. The summed E-state index contributed by atoms with van der Waals surface area (Å²) >= 11 is 1.27. The van der Waals surface area contributed by atoms with E-state index in [1.165, 1.54) is 16.7 Å². The van der Waals surface area contributed by atoms with Crippen LogP contribution in [-0.2, 0) is 4.79 Å². The second kappa shape index (κ2) is 4.75. The van der Waals surface area contributed by atoms with Crippen molar-refractivity contribution in [2.75, 3.05) is 7.05 Å². The molecule has 0 saturated heterocycles. The van der Waals surface area contributed by atoms with Crippen molar-refractivity contribution in [3.05, 3.63) is 47.0 Å². The Morgan fingerprint density at radius 2 is 2.06 bits per heavy atom. The molecule has 0 bridgehead atoms. The van der Waals surface area contributed by atoms with E-state index >= 15 is 0 Å². The maximum absolute atomic E-state index is 12.3. The van der Waals surface area contributed by atoms with E-state index in [0.717, 1.165) is 5.56 Å². The van der Waals surface area contributed by atoms with Gasteiger partial charge in [0, 0.05) is 18.8 Å². The highest BCUT2D eigenvalue weighted by Gasteiger charge is 2.32. The normalized spacial score (nSPS) is 19.5. The van der Waals surface area contributed by atoms with Crippen LogP contribution in [-0.4, -0.2) is 28.9 Å². The molecule has 0 fully saturated rings. The molecule has 0 N–H and O–H groups in total. The Morgan fingerprint density at radius 3 is 2.76 bits per heavy atom. The molecule has 0 radical (unpaired) electrons. The van der Waals surface area contributed by atoms with Crippen LogP contribution in [0.15, 0.2) is 35.9 Å². The lowest BCUT2D eigenvalue weighted by atomic mass is 10.0. The smallest absolute Gasteiger partial charge is 0.247 e. The molecule has 88 valence electrons. The van der Waals surface area contributed by atoms with Crippen molar-refractivity contribution in [2.24, 2.45) is 0 Å². The van der Waals surface area contributed by atoms with Crippen LogP contribution in [0.3, 0.4) is 0 Å². The van der Waals surface area contributed by atoms with Gasteiger partial charge in [0.25, 0.3) is 0 Å². The standard InChI is InChI=1S/C13H13NO2S/c1-9-5-3-4-6-10(9)11(15)12-13(16)14(2)7-8-17-12/h3-8,12H,1-2H3. The number of rotatable bonds is 2. The van der Waals surface area contributed by atoms with Crippen LogP contribution in [0, 0.1) is 6.92 Å². The number of benzene rings is 1. The van der Waals surface area contributed by atoms with E-state index in [0.29, 0.717) is 5.56 Å². The number of aryl methyl sites for hydroxylation is 1. The van der Waals surface area contributed by atoms with E-state index in [4.69, 9.17) is 0 Å². The average molecular weight is 247 g/mol. The van der Waals surface area contributed by atoms with Gasteiger partial charge in [-0.15, -0.1) is 11.8 Å². The van der Waals surface area contributed by atoms with Gasteiger partial charge in [-0.1, -0.05) is 24.3 Å². The van der Waals surface area contributed by atoms with E-state index < -0.39 is 5.25 Å². The van der Waals surface area contributed by atoms with E-state index in [-0.39, 0.29) is 11.7 Å². The molecule has 1 amide bonds. The van der Waals surface area contributed by atoms with Crippen LogP contribution in [0.2, 0.25) is 0 Å². The van der Waals surface area contributed by atoms with E-state index in [1.807, 2.05) is 25.1 Å². The van der Waals surface area contributed by atoms with Crippen LogP contribution in [0.25, 0.3) is 0 Å². The summed E-state index contributed by atoms with van der Waals surface area (Å²) in [5.41, 5.74) is 1.53. The molecule has 0 spiro atoms. The first kappa shape index (κ1) is 11.9. The summed E-state index contributed by atoms with van der Waals surface area (Å²) in [4.78, 5) is 25.6. The van der Waals surface area contributed by atoms with Gasteiger partial charge in [0.15, 0.2) is 11.0 Å². The quantitative estimate of drug-likeness (QED) is 0.594. The molecule has 3 nitrogen and oxygen atoms in total. The van der Waals surface area contributed by atoms with Crippen molar-refractivity contribution < 1.29 is 9.59 Å². The number of nitrogens with zero attached hydrogens (tertiary/aromatic N) is 1. The van der Waals surface area contributed by atoms with Crippen LogP contribution in [0.4, 0.5) is 0 Å². The van der Waals surface area contributed by atoms with Crippen LogP contribution in [0.5, 0.6) is 0 Å². The molecular formula is C13H13NO2S. The maximum atomic E-state index is 12.3. The Kier molecular flexibility index (Phi) is 3.33. The number of amides is 1. The molecule has 1 heterocycles. The van der Waals surface area contributed by atoms with Crippen molar-refractivity contribution in [3.8, 4) is 0 Å². The first-order valence-corrected chi connectivity index (χ1v) is 6.24. The van der Waals surface area contributed by atoms with Gasteiger partial charge in [-0.3, -0.25) is 9.59 Å². The van der Waals surface area contributed by atoms with Gasteiger partial charge in [-0.25, -0.2) is 0 Å². The topological polar surface area (TPSA) is 37.4 Å². The average Bonchev–Trinajstić information content (AvgIpc) is 2.32. The highest BCUT2D eigenvalue weighted by molar-refractivity contribution is 8.04. The molecule has 1 aromatic carbocycles. The van der Waals surface area contributed by atoms with Crippen molar-refractivity contribution in [1.29, 1.82) is 0 Å². The molecule has 1 aliphatic rings. The molecule has 4 heteroatoms. The molecule has 1 atom stereocenters. The van der Waals surface area contributed by atoms with Gasteiger partial charge < -0.3 is 4.90 Å². The van der Waals surface area contributed by atoms with Gasteiger partial charge >= 0.3 is 0 Å². The van der Waals surface area contributed by atoms with Crippen LogP contribution in [0.1, 0.15) is 15.9 Å². The van der Waals surface area contributed by atoms with E-state index in [2.05, 4.69) is 0 Å². The minimum Gasteiger partial charge on any atom is -0.320 e. The number of hydrogen-bond donors (Lipinski definition) is 0. The highest BCUT2D eigenvalue weighted by atomic mass is 32.2. The summed E-state index contributed by atoms with van der Waals surface area (Å²) in [6.07, 6.45) is 1.68. The SMILES string of the molecule is Cc1ccccc1C(=O)C1SC=CN(C)C1=O. The Hall–Kier alpha value is -1.55. The predicted molar refractivity (Wildman–Crippen MR) is 68.8 cm³/mol. The molecule has 17 heavy (non-hydrogen) atoms. The molecule has 2 rings (SSSR count). The third-order valence-corrected chi connectivity index (χ3v) is 3.69. The number of thioether (sulfide) groups is 1. The first-order valence-electron chi connectivity index (χ1n) is 5.30. The zero-order chi connectivity index (χ0) is 12.4. The van der Waals surface area contributed by atoms with Crippen LogP contribution >= 0.6 is 11.8 Å². The van der Waals surface area contributed by atoms with E-state index in [9.17, 15) is 9.59 Å². The van der Waals surface area contributed by atoms with Crippen molar-refractivity contribution >= 4 is 23.5 Å². The van der Waals surface area contributed by atoms with Gasteiger partial charge in [0.05, 0.1) is 0 Å². The fourth-order valence-electron chi connectivity index (χ4n) is 1.69. The molecular weight excluding hydrogens is 234 g/mol. The van der Waals surface area contributed by atoms with Gasteiger partial charge in [-0.2, -0.15) is 0 Å². The van der Waals surface area contributed by atoms with Crippen molar-refractivity contribution in [2.45, 2.75) is 12.2 Å². The van der Waals surface area contributed by atoms with E-state index in [1.54, 1.807) is 24.7 Å². The monoisotopic (exact) mass is 247 g/mol. The number of carbonyl (C=O) groups excluding carboxylic acids is 2. The van der Waals surface area contributed by atoms with Gasteiger partial charge in [-0.05, 0) is 17.9 Å². The number of Topliss-reactive ketones (excluding diaryl/α,β-unsaturated/α-hetero) is 1. The van der Waals surface area contributed by atoms with Crippen LogP contribution < -0.4 is 0 Å². The van der Waals surface area contributed by atoms with Gasteiger partial charge in [0.1, 0.15) is 0 Å². The third kappa shape index (κ3) is 2.26. The molecule has 0 aromatic heterocycles. The third-order valence-electron chi connectivity index (χ3n) is 2.72. The lowest BCUT2D eigenvalue weighted by Gasteiger charge is -2.23. The van der Waals surface area contributed by atoms with Crippen molar-refractivity contribution in [3.63, 3.8) is 0 Å². The zero-order valence-corrected chi connectivity index (χ0v) is 10.5. The second-order valence-corrected chi connectivity index (χ2v) is 4.95. The van der Waals surface area contributed by atoms with Gasteiger partial charge in [0.2, 0.25) is 5.91 Å². The Labute approximate surface area is 104 Å². The summed E-state index contributed by atoms with van der Waals surface area (Å²) in [5, 5.41) is 1.13. The summed E-state index contributed by atoms with van der Waals surface area (Å²) < 4.78 is 0. The molecule has 1 aliphatic heterocycles. The fraction of sp³-hybridized carbons (Fsp3) is 0.231. The summed E-state index contributed by atoms with van der Waals surface area (Å²) in [6, 6.07) is 7.35. The molecule has 0 aliphatic carbocycles. The largest absolute Gasteiger partial charge is 0.320 e. The summed E-state index contributed by atoms with van der Waals surface area (Å²) in [5.74, 6) is -0.278. The fourth-order valence-corrected chi connectivity index (χ4v) is 2.63. The predicted octanol–water partition coefficient (Wildman–Crippen LogP) is 2.22. The first-order chi connectivity index (χ1) is 8.11. The van der Waals surface area contributed by atoms with Crippen molar-refractivity contribution in [1.82, 2.24) is 4.90 Å². The lowest BCUT2D eigenvalue weighted by Crippen LogP contribution is -2.38. The summed E-state index contributed by atoms with van der Waals surface area (Å²) in [7, 11) is 1.66. The second-order valence-electron chi connectivity index (χ2n) is 3.93. The molecule has 0 saturated carbocycles. The number of carbonyl (C=O) groups is 2. The molecule has 1 aromatic rings.